The molecule has 0 unspecified atom stereocenters. The smallest absolute Gasteiger partial charge is 0.255 e. The topological polar surface area (TPSA) is 168 Å². The van der Waals surface area contributed by atoms with Crippen molar-refractivity contribution in [2.75, 3.05) is 19.7 Å². The Balaban J connectivity index is 1.52. The van der Waals surface area contributed by atoms with Crippen molar-refractivity contribution >= 4 is 29.5 Å². The summed E-state index contributed by atoms with van der Waals surface area (Å²) in [4.78, 5) is 70.1. The zero-order valence-electron chi connectivity index (χ0n) is 25.1. The molecule has 0 radical (unpaired) electrons. The fraction of sp³-hybridized carbons (Fsp3) is 0.333. The minimum absolute atomic E-state index is 0.185. The number of para-hydroxylation sites is 1. The molecule has 4 rings (SSSR count). The highest BCUT2D eigenvalue weighted by molar-refractivity contribution is 6.01. The van der Waals surface area contributed by atoms with Crippen LogP contribution in [0.3, 0.4) is 0 Å². The monoisotopic (exact) mass is 614 g/mol. The number of benzene rings is 2. The van der Waals surface area contributed by atoms with Gasteiger partial charge < -0.3 is 31.3 Å². The second kappa shape index (κ2) is 16.6. The van der Waals surface area contributed by atoms with Gasteiger partial charge in [-0.2, -0.15) is 0 Å². The van der Waals surface area contributed by atoms with Gasteiger partial charge in [-0.15, -0.1) is 0 Å². The van der Waals surface area contributed by atoms with Crippen molar-refractivity contribution in [3.63, 3.8) is 0 Å². The largest absolute Gasteiger partial charge is 0.493 e. The third kappa shape index (κ3) is 10.2. The van der Waals surface area contributed by atoms with Crippen LogP contribution in [0.2, 0.25) is 0 Å². The molecule has 0 spiro atoms. The molecular formula is C33H38N6O6. The first-order chi connectivity index (χ1) is 21.8. The standard InChI is InChI=1S/C33H38N6O6/c1-22-30(41)38-26(20-23-10-3-2-4-11-23)32(43)35-17-9-19-45-28-14-6-5-13-25(28)31(42)39-27(21-29(40)37-22)33(44)36-18-15-24-12-7-8-16-34-24/h2-8,10-14,16,22,26-27H,9,15,17-21H2,1H3,(H,35,43)(H,36,44)(H,37,40)(H,38,41)(H,39,42)/t22-,26-,27-/m0/s1. The van der Waals surface area contributed by atoms with E-state index in [9.17, 15) is 24.0 Å². The molecule has 1 aliphatic heterocycles. The zero-order valence-corrected chi connectivity index (χ0v) is 25.1. The lowest BCUT2D eigenvalue weighted by molar-refractivity contribution is -0.132. The van der Waals surface area contributed by atoms with Gasteiger partial charge in [0.05, 0.1) is 18.6 Å². The first-order valence-corrected chi connectivity index (χ1v) is 14.9. The number of carbonyl (C=O) groups is 5. The Labute approximate surface area is 261 Å². The molecule has 0 bridgehead atoms. The molecule has 0 saturated carbocycles. The fourth-order valence-electron chi connectivity index (χ4n) is 4.70. The van der Waals surface area contributed by atoms with Crippen LogP contribution in [0.1, 0.15) is 41.4 Å². The number of carbonyl (C=O) groups excluding carboxylic acids is 5. The number of amides is 5. The van der Waals surface area contributed by atoms with E-state index in [1.807, 2.05) is 42.5 Å². The first kappa shape index (κ1) is 32.6. The number of nitrogens with zero attached hydrogens (tertiary/aromatic N) is 1. The maximum atomic E-state index is 13.3. The molecule has 5 N–H and O–H groups in total. The van der Waals surface area contributed by atoms with E-state index < -0.39 is 48.2 Å². The first-order valence-electron chi connectivity index (χ1n) is 14.9. The number of rotatable bonds is 6. The Bertz CT molecular complexity index is 1470. The van der Waals surface area contributed by atoms with E-state index in [0.29, 0.717) is 18.6 Å². The predicted molar refractivity (Wildman–Crippen MR) is 166 cm³/mol. The van der Waals surface area contributed by atoms with Gasteiger partial charge in [0.2, 0.25) is 23.6 Å². The summed E-state index contributed by atoms with van der Waals surface area (Å²) >= 11 is 0. The second-order valence-electron chi connectivity index (χ2n) is 10.6. The van der Waals surface area contributed by atoms with Crippen LogP contribution in [-0.2, 0) is 32.0 Å². The van der Waals surface area contributed by atoms with Crippen molar-refractivity contribution in [3.05, 3.63) is 95.8 Å². The third-order valence-corrected chi connectivity index (χ3v) is 7.11. The van der Waals surface area contributed by atoms with E-state index >= 15 is 0 Å². The molecule has 12 heteroatoms. The number of aromatic nitrogens is 1. The van der Waals surface area contributed by atoms with Crippen molar-refractivity contribution in [1.29, 1.82) is 0 Å². The average molecular weight is 615 g/mol. The molecule has 1 aromatic heterocycles. The zero-order chi connectivity index (χ0) is 32.0. The highest BCUT2D eigenvalue weighted by Crippen LogP contribution is 2.18. The Hall–Kier alpha value is -5.26. The number of pyridine rings is 1. The lowest BCUT2D eigenvalue weighted by atomic mass is 10.0. The van der Waals surface area contributed by atoms with Crippen LogP contribution < -0.4 is 31.3 Å². The molecule has 3 aromatic rings. The van der Waals surface area contributed by atoms with Crippen LogP contribution in [0.5, 0.6) is 5.75 Å². The lowest BCUT2D eigenvalue weighted by Gasteiger charge is -2.23. The van der Waals surface area contributed by atoms with Gasteiger partial charge in [-0.3, -0.25) is 29.0 Å². The maximum Gasteiger partial charge on any atom is 0.255 e. The highest BCUT2D eigenvalue weighted by atomic mass is 16.5. The van der Waals surface area contributed by atoms with Crippen LogP contribution in [0, 0.1) is 0 Å². The van der Waals surface area contributed by atoms with E-state index in [1.54, 1.807) is 36.5 Å². The third-order valence-electron chi connectivity index (χ3n) is 7.11. The number of fused-ring (bicyclic) bond motifs is 1. The molecule has 0 saturated heterocycles. The molecule has 0 aliphatic carbocycles. The Kier molecular flexibility index (Phi) is 12.0. The SMILES string of the molecule is C[C@@H]1NC(=O)C[C@@H](C(=O)NCCc2ccccn2)NC(=O)c2ccccc2OCCCNC(=O)[C@H](Cc2ccccc2)NC1=O. The van der Waals surface area contributed by atoms with Gasteiger partial charge in [-0.1, -0.05) is 48.5 Å². The van der Waals surface area contributed by atoms with Gasteiger partial charge in [-0.25, -0.2) is 0 Å². The molecule has 45 heavy (non-hydrogen) atoms. The number of hydrogen-bond donors (Lipinski definition) is 5. The van der Waals surface area contributed by atoms with Gasteiger partial charge in [-0.05, 0) is 43.2 Å². The van der Waals surface area contributed by atoms with E-state index in [1.165, 1.54) is 6.92 Å². The van der Waals surface area contributed by atoms with E-state index in [2.05, 4.69) is 31.6 Å². The number of hydrogen-bond acceptors (Lipinski definition) is 7. The number of nitrogens with one attached hydrogen (secondary N) is 5. The molecule has 5 amide bonds. The summed E-state index contributed by atoms with van der Waals surface area (Å²) in [5.41, 5.74) is 1.81. The van der Waals surface area contributed by atoms with Gasteiger partial charge >= 0.3 is 0 Å². The molecule has 236 valence electrons. The van der Waals surface area contributed by atoms with Gasteiger partial charge in [0.15, 0.2) is 0 Å². The van der Waals surface area contributed by atoms with E-state index in [0.717, 1.165) is 11.3 Å². The van der Waals surface area contributed by atoms with Crippen molar-refractivity contribution in [2.24, 2.45) is 0 Å². The van der Waals surface area contributed by atoms with E-state index in [-0.39, 0.29) is 37.6 Å². The summed E-state index contributed by atoms with van der Waals surface area (Å²) in [6.07, 6.45) is 2.35. The Morgan fingerprint density at radius 3 is 2.44 bits per heavy atom. The van der Waals surface area contributed by atoms with Crippen LogP contribution in [-0.4, -0.2) is 72.3 Å². The maximum absolute atomic E-state index is 13.3. The van der Waals surface area contributed by atoms with Crippen LogP contribution >= 0.6 is 0 Å². The summed E-state index contributed by atoms with van der Waals surface area (Å²) in [7, 11) is 0. The summed E-state index contributed by atoms with van der Waals surface area (Å²) < 4.78 is 5.85. The quantitative estimate of drug-likeness (QED) is 0.277. The van der Waals surface area contributed by atoms with Crippen molar-refractivity contribution < 1.29 is 28.7 Å². The minimum Gasteiger partial charge on any atom is -0.493 e. The summed E-state index contributed by atoms with van der Waals surface area (Å²) in [6, 6.07) is 18.1. The Morgan fingerprint density at radius 1 is 0.911 bits per heavy atom. The molecular weight excluding hydrogens is 576 g/mol. The second-order valence-corrected chi connectivity index (χ2v) is 10.6. The van der Waals surface area contributed by atoms with Gasteiger partial charge in [0, 0.05) is 37.8 Å². The fourth-order valence-corrected chi connectivity index (χ4v) is 4.70. The van der Waals surface area contributed by atoms with Crippen LogP contribution in [0.15, 0.2) is 79.0 Å². The molecule has 0 fully saturated rings. The van der Waals surface area contributed by atoms with Gasteiger partial charge in [0.25, 0.3) is 5.91 Å². The molecule has 12 nitrogen and oxygen atoms in total. The molecule has 1 aliphatic rings. The van der Waals surface area contributed by atoms with Crippen molar-refractivity contribution in [3.8, 4) is 5.75 Å². The minimum atomic E-state index is -1.25. The van der Waals surface area contributed by atoms with Crippen molar-refractivity contribution in [1.82, 2.24) is 31.6 Å². The molecule has 3 atom stereocenters. The molecule has 2 aromatic carbocycles. The lowest BCUT2D eigenvalue weighted by Crippen LogP contribution is -2.55. The van der Waals surface area contributed by atoms with E-state index in [4.69, 9.17) is 4.74 Å². The average Bonchev–Trinajstić information content (AvgIpc) is 3.04. The normalized spacial score (nSPS) is 20.1. The molecule has 2 heterocycles. The Morgan fingerprint density at radius 2 is 1.67 bits per heavy atom. The van der Waals surface area contributed by atoms with Crippen LogP contribution in [0.25, 0.3) is 0 Å². The predicted octanol–water partition coefficient (Wildman–Crippen LogP) is 1.06. The highest BCUT2D eigenvalue weighted by Gasteiger charge is 2.29. The summed E-state index contributed by atoms with van der Waals surface area (Å²) in [5, 5.41) is 13.6. The van der Waals surface area contributed by atoms with Crippen molar-refractivity contribution in [2.45, 2.75) is 50.7 Å². The van der Waals surface area contributed by atoms with Gasteiger partial charge in [0.1, 0.15) is 23.9 Å². The number of ether oxygens (including phenoxy) is 1. The summed E-state index contributed by atoms with van der Waals surface area (Å²) in [6.45, 7) is 2.17. The summed E-state index contributed by atoms with van der Waals surface area (Å²) in [5.74, 6) is -2.47. The van der Waals surface area contributed by atoms with Crippen LogP contribution in [0.4, 0.5) is 0 Å².